The van der Waals surface area contributed by atoms with Crippen molar-refractivity contribution in [3.05, 3.63) is 168 Å². The van der Waals surface area contributed by atoms with Crippen molar-refractivity contribution in [2.75, 3.05) is 9.80 Å². The maximum Gasteiger partial charge on any atom is 0.0891 e. The molecule has 9 rings (SSSR count). The Balaban J connectivity index is 1.14. The van der Waals surface area contributed by atoms with Crippen molar-refractivity contribution >= 4 is 55.7 Å². The monoisotopic (exact) mass is 708 g/mol. The third-order valence-corrected chi connectivity index (χ3v) is 11.5. The summed E-state index contributed by atoms with van der Waals surface area (Å²) in [5, 5.41) is 4.85. The second kappa shape index (κ2) is 12.0. The summed E-state index contributed by atoms with van der Waals surface area (Å²) in [5.74, 6) is 0. The zero-order chi connectivity index (χ0) is 37.6. The van der Waals surface area contributed by atoms with Gasteiger partial charge in [0.25, 0.3) is 0 Å². The van der Waals surface area contributed by atoms with E-state index in [0.717, 1.165) is 34.1 Å². The van der Waals surface area contributed by atoms with E-state index in [9.17, 15) is 0 Å². The summed E-state index contributed by atoms with van der Waals surface area (Å²) in [6.07, 6.45) is 0. The molecule has 2 aliphatic heterocycles. The van der Waals surface area contributed by atoms with Gasteiger partial charge in [-0.15, -0.1) is 0 Å². The van der Waals surface area contributed by atoms with Gasteiger partial charge in [0.15, 0.2) is 0 Å². The topological polar surface area (TPSA) is 24.9 Å². The molecule has 4 nitrogen and oxygen atoms in total. The first-order chi connectivity index (χ1) is 25.7. The van der Waals surface area contributed by atoms with Crippen molar-refractivity contribution in [1.82, 2.24) is 0 Å². The quantitative estimate of drug-likeness (QED) is 0.161. The van der Waals surface area contributed by atoms with Crippen LogP contribution in [0.3, 0.4) is 0 Å². The third-order valence-electron chi connectivity index (χ3n) is 11.5. The molecule has 7 aromatic carbocycles. The average Bonchev–Trinajstić information content (AvgIpc) is 3.46. The first kappa shape index (κ1) is 34.4. The van der Waals surface area contributed by atoms with Crippen molar-refractivity contribution < 1.29 is 9.47 Å². The van der Waals surface area contributed by atoms with Crippen molar-refractivity contribution in [3.8, 4) is 0 Å². The Morgan fingerprint density at radius 2 is 0.648 bits per heavy atom. The molecule has 0 unspecified atom stereocenters. The van der Waals surface area contributed by atoms with Crippen LogP contribution in [0.4, 0.5) is 34.1 Å². The predicted octanol–water partition coefficient (Wildman–Crippen LogP) is 13.9. The van der Waals surface area contributed by atoms with E-state index in [0.29, 0.717) is 0 Å². The van der Waals surface area contributed by atoms with Crippen molar-refractivity contribution in [2.45, 2.75) is 77.8 Å². The van der Waals surface area contributed by atoms with Gasteiger partial charge in [0.1, 0.15) is 0 Å². The summed E-state index contributed by atoms with van der Waals surface area (Å²) < 4.78 is 13.1. The summed E-state index contributed by atoms with van der Waals surface area (Å²) in [5.41, 5.74) is 10.2. The zero-order valence-electron chi connectivity index (χ0n) is 32.6. The number of para-hydroxylation sites is 2. The van der Waals surface area contributed by atoms with E-state index >= 15 is 0 Å². The third kappa shape index (κ3) is 5.59. The summed E-state index contributed by atoms with van der Waals surface area (Å²) in [7, 11) is 0. The number of benzene rings is 7. The van der Waals surface area contributed by atoms with Crippen LogP contribution in [0, 0.1) is 0 Å². The Kier molecular flexibility index (Phi) is 7.66. The second-order valence-electron chi connectivity index (χ2n) is 16.9. The molecular formula is C50H48N2O2. The molecular weight excluding hydrogens is 661 g/mol. The van der Waals surface area contributed by atoms with Crippen LogP contribution in [-0.4, -0.2) is 0 Å². The normalized spacial score (nSPS) is 17.3. The van der Waals surface area contributed by atoms with Gasteiger partial charge < -0.3 is 19.3 Å². The number of hydrogen-bond acceptors (Lipinski definition) is 4. The first-order valence-corrected chi connectivity index (χ1v) is 19.1. The van der Waals surface area contributed by atoms with Gasteiger partial charge in [-0.25, -0.2) is 0 Å². The van der Waals surface area contributed by atoms with E-state index in [4.69, 9.17) is 9.47 Å². The zero-order valence-corrected chi connectivity index (χ0v) is 32.6. The SMILES string of the molecule is CC1(C)OC(C)(C)c2cc(N(c3ccccc3)c3ccc4c(ccc5cc(N(c6ccccc6)c6ccc7c(c6)C(C)(C)OC7(C)C)ccc54)c3)ccc21. The van der Waals surface area contributed by atoms with Gasteiger partial charge in [0, 0.05) is 34.1 Å². The van der Waals surface area contributed by atoms with Crippen LogP contribution >= 0.6 is 0 Å². The largest absolute Gasteiger partial charge is 0.360 e. The number of rotatable bonds is 6. The molecule has 0 atom stereocenters. The molecule has 2 heterocycles. The molecule has 2 aliphatic rings. The minimum absolute atomic E-state index is 0.332. The molecule has 0 saturated heterocycles. The smallest absolute Gasteiger partial charge is 0.0891 e. The lowest BCUT2D eigenvalue weighted by Crippen LogP contribution is -2.22. The Hall–Kier alpha value is -5.42. The maximum atomic E-state index is 6.53. The predicted molar refractivity (Wildman–Crippen MR) is 225 cm³/mol. The number of ether oxygens (including phenoxy) is 2. The highest BCUT2D eigenvalue weighted by Crippen LogP contribution is 2.51. The van der Waals surface area contributed by atoms with Crippen LogP contribution in [0.5, 0.6) is 0 Å². The lowest BCUT2D eigenvalue weighted by atomic mass is 9.90. The maximum absolute atomic E-state index is 6.53. The Morgan fingerprint density at radius 3 is 1.04 bits per heavy atom. The van der Waals surface area contributed by atoms with Crippen molar-refractivity contribution in [3.63, 3.8) is 0 Å². The minimum Gasteiger partial charge on any atom is -0.360 e. The van der Waals surface area contributed by atoms with Crippen LogP contribution in [-0.2, 0) is 31.9 Å². The summed E-state index contributed by atoms with van der Waals surface area (Å²) in [6, 6.07) is 53.1. The number of fused-ring (bicyclic) bond motifs is 5. The van der Waals surface area contributed by atoms with Gasteiger partial charge in [-0.2, -0.15) is 0 Å². The van der Waals surface area contributed by atoms with Gasteiger partial charge in [-0.1, -0.05) is 72.8 Å². The van der Waals surface area contributed by atoms with E-state index in [-0.39, 0.29) is 22.4 Å². The van der Waals surface area contributed by atoms with Gasteiger partial charge in [0.2, 0.25) is 0 Å². The van der Waals surface area contributed by atoms with E-state index < -0.39 is 0 Å². The second-order valence-corrected chi connectivity index (χ2v) is 16.9. The molecule has 7 aromatic rings. The fraction of sp³-hybridized carbons (Fsp3) is 0.240. The fourth-order valence-electron chi connectivity index (χ4n) is 9.26. The van der Waals surface area contributed by atoms with E-state index in [2.05, 4.69) is 211 Å². The van der Waals surface area contributed by atoms with Crippen molar-refractivity contribution in [2.24, 2.45) is 0 Å². The minimum atomic E-state index is -0.378. The standard InChI is InChI=1S/C50H48N2O2/c1-47(2)43-27-23-39(31-45(43)49(5,6)53-47)51(35-15-11-9-12-16-35)37-21-25-41-33(29-37)19-20-34-30-38(22-26-42(34)41)52(36-17-13-10-14-18-36)40-24-28-44-46(32-40)50(7,8)54-48(44,3)4/h9-32H,1-8H3. The van der Waals surface area contributed by atoms with E-state index in [1.807, 2.05) is 0 Å². The highest BCUT2D eigenvalue weighted by molar-refractivity contribution is 6.09. The molecule has 270 valence electrons. The lowest BCUT2D eigenvalue weighted by Gasteiger charge is -2.28. The Labute approximate surface area is 319 Å². The average molecular weight is 709 g/mol. The van der Waals surface area contributed by atoms with E-state index in [1.54, 1.807) is 0 Å². The first-order valence-electron chi connectivity index (χ1n) is 19.1. The molecule has 0 radical (unpaired) electrons. The summed E-state index contributed by atoms with van der Waals surface area (Å²) in [6.45, 7) is 17.3. The van der Waals surface area contributed by atoms with Crippen LogP contribution in [0.2, 0.25) is 0 Å². The Morgan fingerprint density at radius 1 is 0.315 bits per heavy atom. The van der Waals surface area contributed by atoms with Crippen LogP contribution in [0.15, 0.2) is 146 Å². The molecule has 0 bridgehead atoms. The van der Waals surface area contributed by atoms with Gasteiger partial charge in [-0.3, -0.25) is 0 Å². The van der Waals surface area contributed by atoms with E-state index in [1.165, 1.54) is 43.8 Å². The van der Waals surface area contributed by atoms with Crippen LogP contribution < -0.4 is 9.80 Å². The molecule has 0 aliphatic carbocycles. The molecule has 0 saturated carbocycles. The number of hydrogen-bond donors (Lipinski definition) is 0. The van der Waals surface area contributed by atoms with Crippen LogP contribution in [0.1, 0.15) is 77.6 Å². The molecule has 0 spiro atoms. The Bertz CT molecular complexity index is 2390. The highest BCUT2D eigenvalue weighted by atomic mass is 16.5. The highest BCUT2D eigenvalue weighted by Gasteiger charge is 2.44. The van der Waals surface area contributed by atoms with Crippen LogP contribution in [0.25, 0.3) is 21.5 Å². The molecule has 0 fully saturated rings. The molecule has 0 aromatic heterocycles. The summed E-state index contributed by atoms with van der Waals surface area (Å²) >= 11 is 0. The number of nitrogens with zero attached hydrogens (tertiary/aromatic N) is 2. The van der Waals surface area contributed by atoms with Crippen molar-refractivity contribution in [1.29, 1.82) is 0 Å². The lowest BCUT2D eigenvalue weighted by molar-refractivity contribution is -0.105. The molecule has 0 N–H and O–H groups in total. The molecule has 4 heteroatoms. The molecule has 0 amide bonds. The number of anilines is 6. The summed E-state index contributed by atoms with van der Waals surface area (Å²) in [4.78, 5) is 4.71. The van der Waals surface area contributed by atoms with Gasteiger partial charge >= 0.3 is 0 Å². The van der Waals surface area contributed by atoms with Gasteiger partial charge in [0.05, 0.1) is 22.4 Å². The fourth-order valence-corrected chi connectivity index (χ4v) is 9.26. The molecule has 54 heavy (non-hydrogen) atoms. The van der Waals surface area contributed by atoms with Gasteiger partial charge in [-0.05, 0) is 172 Å².